The zero-order valence-electron chi connectivity index (χ0n) is 14.8. The molecule has 0 bridgehead atoms. The number of hydrogen-bond donors (Lipinski definition) is 3. The predicted octanol–water partition coefficient (Wildman–Crippen LogP) is 2.48. The van der Waals surface area contributed by atoms with E-state index in [0.29, 0.717) is 22.3 Å². The standard InChI is InChI=1S/C19H17FN6O2/c20-14-7-11(1-2-12(14)9-21)15-8-16-17(24-10-23-16)18(26-15)28-19(27)25-13-3-5-22-6-4-13/h1-2,7-8,10,13,22H,3-6H2,(H,23,24)(H,25,27). The van der Waals surface area contributed by atoms with Gasteiger partial charge in [0.1, 0.15) is 11.9 Å². The van der Waals surface area contributed by atoms with Gasteiger partial charge in [0.15, 0.2) is 5.52 Å². The van der Waals surface area contributed by atoms with Crippen molar-refractivity contribution in [1.82, 2.24) is 25.6 Å². The lowest BCUT2D eigenvalue weighted by Gasteiger charge is -2.23. The summed E-state index contributed by atoms with van der Waals surface area (Å²) in [6, 6.07) is 7.70. The Morgan fingerprint density at radius 3 is 2.89 bits per heavy atom. The molecule has 9 heteroatoms. The van der Waals surface area contributed by atoms with E-state index in [1.54, 1.807) is 18.2 Å². The molecule has 1 aliphatic heterocycles. The van der Waals surface area contributed by atoms with Gasteiger partial charge in [0.25, 0.3) is 5.88 Å². The van der Waals surface area contributed by atoms with E-state index in [1.807, 2.05) is 0 Å². The zero-order chi connectivity index (χ0) is 19.5. The second-order valence-corrected chi connectivity index (χ2v) is 6.48. The summed E-state index contributed by atoms with van der Waals surface area (Å²) in [4.78, 5) is 23.7. The van der Waals surface area contributed by atoms with Gasteiger partial charge in [-0.25, -0.2) is 19.2 Å². The van der Waals surface area contributed by atoms with Crippen LogP contribution in [0.4, 0.5) is 9.18 Å². The highest BCUT2D eigenvalue weighted by molar-refractivity contribution is 5.86. The molecule has 1 fully saturated rings. The number of carbonyl (C=O) groups excluding carboxylic acids is 1. The number of pyridine rings is 1. The molecular formula is C19H17FN6O2. The number of ether oxygens (including phenoxy) is 1. The number of amides is 1. The first-order valence-corrected chi connectivity index (χ1v) is 8.87. The van der Waals surface area contributed by atoms with Crippen molar-refractivity contribution in [3.63, 3.8) is 0 Å². The summed E-state index contributed by atoms with van der Waals surface area (Å²) in [5, 5.41) is 14.9. The summed E-state index contributed by atoms with van der Waals surface area (Å²) in [6.45, 7) is 1.68. The van der Waals surface area contributed by atoms with E-state index in [9.17, 15) is 9.18 Å². The second kappa shape index (κ2) is 7.62. The van der Waals surface area contributed by atoms with E-state index < -0.39 is 11.9 Å². The number of rotatable bonds is 3. The molecule has 28 heavy (non-hydrogen) atoms. The minimum atomic E-state index is -0.641. The van der Waals surface area contributed by atoms with Gasteiger partial charge in [-0.3, -0.25) is 0 Å². The van der Waals surface area contributed by atoms with E-state index in [1.165, 1.54) is 18.5 Å². The van der Waals surface area contributed by atoms with Gasteiger partial charge in [-0.05, 0) is 44.1 Å². The third-order valence-electron chi connectivity index (χ3n) is 4.61. The van der Waals surface area contributed by atoms with Crippen molar-refractivity contribution in [1.29, 1.82) is 5.26 Å². The quantitative estimate of drug-likeness (QED) is 0.643. The maximum Gasteiger partial charge on any atom is 0.414 e. The summed E-state index contributed by atoms with van der Waals surface area (Å²) < 4.78 is 19.4. The highest BCUT2D eigenvalue weighted by Crippen LogP contribution is 2.28. The first kappa shape index (κ1) is 17.9. The van der Waals surface area contributed by atoms with Crippen LogP contribution in [0, 0.1) is 17.1 Å². The second-order valence-electron chi connectivity index (χ2n) is 6.48. The lowest BCUT2D eigenvalue weighted by molar-refractivity contribution is 0.191. The Hall–Kier alpha value is -3.51. The van der Waals surface area contributed by atoms with Gasteiger partial charge in [-0.1, -0.05) is 6.07 Å². The average Bonchev–Trinajstić information content (AvgIpc) is 3.17. The highest BCUT2D eigenvalue weighted by atomic mass is 19.1. The Morgan fingerprint density at radius 1 is 1.32 bits per heavy atom. The Balaban J connectivity index is 1.63. The molecule has 0 radical (unpaired) electrons. The SMILES string of the molecule is N#Cc1ccc(-c2cc3[nH]cnc3c(OC(=O)NC3CCNCC3)n2)cc1F. The van der Waals surface area contributed by atoms with Crippen LogP contribution in [0.15, 0.2) is 30.6 Å². The molecule has 2 aromatic heterocycles. The summed E-state index contributed by atoms with van der Waals surface area (Å²) >= 11 is 0. The highest BCUT2D eigenvalue weighted by Gasteiger charge is 2.19. The number of fused-ring (bicyclic) bond motifs is 1. The summed E-state index contributed by atoms with van der Waals surface area (Å²) in [7, 11) is 0. The van der Waals surface area contributed by atoms with Crippen molar-refractivity contribution >= 4 is 17.1 Å². The van der Waals surface area contributed by atoms with E-state index in [0.717, 1.165) is 25.9 Å². The molecule has 0 atom stereocenters. The van der Waals surface area contributed by atoms with Gasteiger partial charge >= 0.3 is 6.09 Å². The van der Waals surface area contributed by atoms with Crippen molar-refractivity contribution in [2.24, 2.45) is 0 Å². The lowest BCUT2D eigenvalue weighted by atomic mass is 10.1. The molecule has 0 aliphatic carbocycles. The monoisotopic (exact) mass is 380 g/mol. The summed E-state index contributed by atoms with van der Waals surface area (Å²) in [5.41, 5.74) is 1.79. The van der Waals surface area contributed by atoms with Crippen molar-refractivity contribution in [3.05, 3.63) is 42.0 Å². The van der Waals surface area contributed by atoms with E-state index >= 15 is 0 Å². The van der Waals surface area contributed by atoms with Gasteiger partial charge in [0, 0.05) is 11.6 Å². The van der Waals surface area contributed by atoms with E-state index in [2.05, 4.69) is 25.6 Å². The van der Waals surface area contributed by atoms with Gasteiger partial charge in [0.2, 0.25) is 0 Å². The van der Waals surface area contributed by atoms with Crippen LogP contribution >= 0.6 is 0 Å². The third kappa shape index (κ3) is 3.63. The number of nitrogens with one attached hydrogen (secondary N) is 3. The smallest absolute Gasteiger partial charge is 0.389 e. The third-order valence-corrected chi connectivity index (χ3v) is 4.61. The van der Waals surface area contributed by atoms with Crippen LogP contribution in [0.3, 0.4) is 0 Å². The number of piperidine rings is 1. The molecule has 142 valence electrons. The normalized spacial score (nSPS) is 14.6. The molecule has 3 aromatic rings. The van der Waals surface area contributed by atoms with Gasteiger partial charge in [0.05, 0.1) is 23.1 Å². The molecular weight excluding hydrogens is 363 g/mol. The van der Waals surface area contributed by atoms with E-state index in [4.69, 9.17) is 10.00 Å². The van der Waals surface area contributed by atoms with Gasteiger partial charge in [-0.15, -0.1) is 0 Å². The topological polar surface area (TPSA) is 116 Å². The Bertz CT molecular complexity index is 1070. The van der Waals surface area contributed by atoms with Crippen molar-refractivity contribution < 1.29 is 13.9 Å². The minimum Gasteiger partial charge on any atom is -0.389 e. The van der Waals surface area contributed by atoms with E-state index in [-0.39, 0.29) is 17.5 Å². The number of imidazole rings is 1. The first-order chi connectivity index (χ1) is 13.6. The molecule has 3 heterocycles. The zero-order valence-corrected chi connectivity index (χ0v) is 14.8. The number of nitrogens with zero attached hydrogens (tertiary/aromatic N) is 3. The number of carbonyl (C=O) groups is 1. The molecule has 1 amide bonds. The summed E-state index contributed by atoms with van der Waals surface area (Å²) in [5.74, 6) is -0.609. The molecule has 3 N–H and O–H groups in total. The van der Waals surface area contributed by atoms with Crippen molar-refractivity contribution in [3.8, 4) is 23.2 Å². The maximum atomic E-state index is 14.0. The fraction of sp³-hybridized carbons (Fsp3) is 0.263. The lowest BCUT2D eigenvalue weighted by Crippen LogP contribution is -2.43. The van der Waals surface area contributed by atoms with Crippen LogP contribution in [-0.4, -0.2) is 40.2 Å². The molecule has 1 aromatic carbocycles. The van der Waals surface area contributed by atoms with Gasteiger partial charge in [-0.2, -0.15) is 5.26 Å². The van der Waals surface area contributed by atoms with Crippen LogP contribution in [0.2, 0.25) is 0 Å². The van der Waals surface area contributed by atoms with Crippen LogP contribution in [0.25, 0.3) is 22.3 Å². The minimum absolute atomic E-state index is 0.0324. The molecule has 1 aliphatic rings. The molecule has 0 spiro atoms. The van der Waals surface area contributed by atoms with Crippen LogP contribution in [-0.2, 0) is 0 Å². The molecule has 8 nitrogen and oxygen atoms in total. The largest absolute Gasteiger partial charge is 0.414 e. The first-order valence-electron chi connectivity index (χ1n) is 8.87. The van der Waals surface area contributed by atoms with Crippen molar-refractivity contribution in [2.75, 3.05) is 13.1 Å². The van der Waals surface area contributed by atoms with Crippen LogP contribution in [0.1, 0.15) is 18.4 Å². The molecule has 4 rings (SSSR count). The Labute approximate surface area is 159 Å². The van der Waals surface area contributed by atoms with Crippen molar-refractivity contribution in [2.45, 2.75) is 18.9 Å². The molecule has 1 saturated heterocycles. The fourth-order valence-corrected chi connectivity index (χ4v) is 3.15. The number of aromatic nitrogens is 3. The predicted molar refractivity (Wildman–Crippen MR) is 99.0 cm³/mol. The van der Waals surface area contributed by atoms with Crippen LogP contribution in [0.5, 0.6) is 5.88 Å². The number of nitriles is 1. The Morgan fingerprint density at radius 2 is 2.14 bits per heavy atom. The number of halogens is 1. The summed E-state index contributed by atoms with van der Waals surface area (Å²) in [6.07, 6.45) is 2.51. The fourth-order valence-electron chi connectivity index (χ4n) is 3.15. The number of hydrogen-bond acceptors (Lipinski definition) is 6. The maximum absolute atomic E-state index is 14.0. The number of aromatic amines is 1. The molecule has 0 unspecified atom stereocenters. The number of H-pyrrole nitrogens is 1. The number of benzene rings is 1. The van der Waals surface area contributed by atoms with Crippen LogP contribution < -0.4 is 15.4 Å². The molecule has 0 saturated carbocycles. The Kier molecular flexibility index (Phi) is 4.87. The van der Waals surface area contributed by atoms with Gasteiger partial charge < -0.3 is 20.4 Å². The average molecular weight is 380 g/mol.